The van der Waals surface area contributed by atoms with Crippen LogP contribution >= 0.6 is 15.9 Å². The molecule has 0 bridgehead atoms. The zero-order chi connectivity index (χ0) is 14.4. The minimum Gasteiger partial charge on any atom is -0.496 e. The zero-order valence-electron chi connectivity index (χ0n) is 11.7. The molecule has 1 heterocycles. The summed E-state index contributed by atoms with van der Waals surface area (Å²) in [4.78, 5) is 11.8. The lowest BCUT2D eigenvalue weighted by atomic mass is 10.1. The van der Waals surface area contributed by atoms with Crippen molar-refractivity contribution in [3.8, 4) is 5.75 Å². The molecule has 1 amide bonds. The van der Waals surface area contributed by atoms with Gasteiger partial charge in [0.25, 0.3) is 0 Å². The Bertz CT molecular complexity index is 458. The van der Waals surface area contributed by atoms with Crippen LogP contribution in [0.25, 0.3) is 0 Å². The Hall–Kier alpha value is -1.07. The van der Waals surface area contributed by atoms with E-state index in [0.29, 0.717) is 13.2 Å². The van der Waals surface area contributed by atoms with Gasteiger partial charge in [-0.2, -0.15) is 0 Å². The van der Waals surface area contributed by atoms with Crippen molar-refractivity contribution in [1.29, 1.82) is 0 Å². The summed E-state index contributed by atoms with van der Waals surface area (Å²) < 4.78 is 11.7. The van der Waals surface area contributed by atoms with E-state index < -0.39 is 0 Å². The summed E-state index contributed by atoms with van der Waals surface area (Å²) in [6.07, 6.45) is 3.34. The van der Waals surface area contributed by atoms with Crippen molar-refractivity contribution in [2.75, 3.05) is 20.3 Å². The van der Waals surface area contributed by atoms with Crippen LogP contribution in [0.3, 0.4) is 0 Å². The number of benzene rings is 1. The first-order chi connectivity index (χ1) is 9.70. The van der Waals surface area contributed by atoms with Crippen molar-refractivity contribution < 1.29 is 14.3 Å². The Labute approximate surface area is 128 Å². The number of halogens is 1. The van der Waals surface area contributed by atoms with Gasteiger partial charge in [-0.1, -0.05) is 22.0 Å². The maximum atomic E-state index is 11.8. The molecule has 0 saturated carbocycles. The number of amides is 1. The van der Waals surface area contributed by atoms with Gasteiger partial charge < -0.3 is 14.8 Å². The number of hydrogen-bond acceptors (Lipinski definition) is 3. The third-order valence-corrected chi connectivity index (χ3v) is 3.89. The van der Waals surface area contributed by atoms with Crippen LogP contribution in [0.4, 0.5) is 0 Å². The monoisotopic (exact) mass is 341 g/mol. The highest BCUT2D eigenvalue weighted by Gasteiger charge is 2.22. The average molecular weight is 342 g/mol. The van der Waals surface area contributed by atoms with Crippen LogP contribution < -0.4 is 10.1 Å². The van der Waals surface area contributed by atoms with Crippen LogP contribution in [0.1, 0.15) is 24.8 Å². The second kappa shape index (κ2) is 7.64. The fraction of sp³-hybridized carbons (Fsp3) is 0.533. The van der Waals surface area contributed by atoms with E-state index >= 15 is 0 Å². The molecule has 1 aliphatic rings. The van der Waals surface area contributed by atoms with E-state index in [1.165, 1.54) is 0 Å². The van der Waals surface area contributed by atoms with Gasteiger partial charge in [-0.25, -0.2) is 0 Å². The van der Waals surface area contributed by atoms with E-state index in [1.54, 1.807) is 7.11 Å². The second-order valence-electron chi connectivity index (χ2n) is 4.85. The SMILES string of the molecule is COc1cc(Br)ccc1CCCNC(=O)C1CCCO1. The Kier molecular flexibility index (Phi) is 5.86. The van der Waals surface area contributed by atoms with Gasteiger partial charge in [0.2, 0.25) is 5.91 Å². The number of carbonyl (C=O) groups is 1. The molecule has 0 aliphatic carbocycles. The molecule has 5 heteroatoms. The first-order valence-corrected chi connectivity index (χ1v) is 7.71. The largest absolute Gasteiger partial charge is 0.496 e. The molecule has 0 spiro atoms. The van der Waals surface area contributed by atoms with E-state index in [-0.39, 0.29) is 12.0 Å². The van der Waals surface area contributed by atoms with Crippen LogP contribution in [0, 0.1) is 0 Å². The van der Waals surface area contributed by atoms with Gasteiger partial charge in [0.1, 0.15) is 11.9 Å². The molecule has 2 rings (SSSR count). The molecule has 1 aromatic rings. The quantitative estimate of drug-likeness (QED) is 0.809. The van der Waals surface area contributed by atoms with Crippen LogP contribution in [0.5, 0.6) is 5.75 Å². The number of rotatable bonds is 6. The first kappa shape index (κ1) is 15.3. The highest BCUT2D eigenvalue weighted by Crippen LogP contribution is 2.24. The number of carbonyl (C=O) groups excluding carboxylic acids is 1. The normalized spacial score (nSPS) is 18.0. The van der Waals surface area contributed by atoms with Gasteiger partial charge >= 0.3 is 0 Å². The van der Waals surface area contributed by atoms with Gasteiger partial charge in [0, 0.05) is 17.6 Å². The number of ether oxygens (including phenoxy) is 2. The van der Waals surface area contributed by atoms with Crippen LogP contribution in [-0.4, -0.2) is 32.3 Å². The minimum absolute atomic E-state index is 0.0188. The van der Waals surface area contributed by atoms with Gasteiger partial charge in [-0.15, -0.1) is 0 Å². The summed E-state index contributed by atoms with van der Waals surface area (Å²) in [6, 6.07) is 6.01. The molecule has 110 valence electrons. The average Bonchev–Trinajstić information content (AvgIpc) is 2.98. The Morgan fingerprint density at radius 3 is 3.10 bits per heavy atom. The highest BCUT2D eigenvalue weighted by molar-refractivity contribution is 9.10. The smallest absolute Gasteiger partial charge is 0.249 e. The topological polar surface area (TPSA) is 47.6 Å². The molecule has 1 aliphatic heterocycles. The summed E-state index contributed by atoms with van der Waals surface area (Å²) in [6.45, 7) is 1.37. The fourth-order valence-electron chi connectivity index (χ4n) is 2.31. The van der Waals surface area contributed by atoms with Gasteiger partial charge in [-0.3, -0.25) is 4.79 Å². The number of aryl methyl sites for hydroxylation is 1. The predicted molar refractivity (Wildman–Crippen MR) is 81.0 cm³/mol. The second-order valence-corrected chi connectivity index (χ2v) is 5.77. The lowest BCUT2D eigenvalue weighted by Gasteiger charge is -2.11. The van der Waals surface area contributed by atoms with E-state index in [4.69, 9.17) is 9.47 Å². The standard InChI is InChI=1S/C15H20BrNO3/c1-19-14-10-12(16)7-6-11(14)4-2-8-17-15(18)13-5-3-9-20-13/h6-7,10,13H,2-5,8-9H2,1H3,(H,17,18). The summed E-state index contributed by atoms with van der Waals surface area (Å²) in [7, 11) is 1.67. The molecule has 20 heavy (non-hydrogen) atoms. The molecule has 1 unspecified atom stereocenters. The predicted octanol–water partition coefficient (Wildman–Crippen LogP) is 2.69. The van der Waals surface area contributed by atoms with Gasteiger partial charge in [0.05, 0.1) is 7.11 Å². The zero-order valence-corrected chi connectivity index (χ0v) is 13.2. The highest BCUT2D eigenvalue weighted by atomic mass is 79.9. The van der Waals surface area contributed by atoms with Crippen LogP contribution in [0.2, 0.25) is 0 Å². The molecule has 0 radical (unpaired) electrons. The molecular weight excluding hydrogens is 322 g/mol. The summed E-state index contributed by atoms with van der Waals surface area (Å²) in [5.41, 5.74) is 1.15. The third kappa shape index (κ3) is 4.21. The van der Waals surface area contributed by atoms with Crippen LogP contribution in [-0.2, 0) is 16.0 Å². The van der Waals surface area contributed by atoms with E-state index in [0.717, 1.165) is 41.5 Å². The maximum absolute atomic E-state index is 11.8. The van der Waals surface area contributed by atoms with E-state index in [9.17, 15) is 4.79 Å². The lowest BCUT2D eigenvalue weighted by molar-refractivity contribution is -0.130. The van der Waals surface area contributed by atoms with E-state index in [1.807, 2.05) is 18.2 Å². The molecule has 4 nitrogen and oxygen atoms in total. The third-order valence-electron chi connectivity index (χ3n) is 3.39. The first-order valence-electron chi connectivity index (χ1n) is 6.92. The molecule has 0 aromatic heterocycles. The summed E-state index contributed by atoms with van der Waals surface area (Å²) in [5.74, 6) is 0.898. The van der Waals surface area contributed by atoms with Crippen molar-refractivity contribution in [2.45, 2.75) is 31.8 Å². The fourth-order valence-corrected chi connectivity index (χ4v) is 2.65. The summed E-state index contributed by atoms with van der Waals surface area (Å²) >= 11 is 3.42. The van der Waals surface area contributed by atoms with E-state index in [2.05, 4.69) is 21.2 Å². The molecular formula is C15H20BrNO3. The number of methoxy groups -OCH3 is 1. The van der Waals surface area contributed by atoms with Crippen LogP contribution in [0.15, 0.2) is 22.7 Å². The summed E-state index contributed by atoms with van der Waals surface area (Å²) in [5, 5.41) is 2.93. The lowest BCUT2D eigenvalue weighted by Crippen LogP contribution is -2.34. The van der Waals surface area contributed by atoms with Gasteiger partial charge in [-0.05, 0) is 43.4 Å². The maximum Gasteiger partial charge on any atom is 0.249 e. The minimum atomic E-state index is -0.239. The molecule has 1 aromatic carbocycles. The Morgan fingerprint density at radius 1 is 1.55 bits per heavy atom. The van der Waals surface area contributed by atoms with Crippen molar-refractivity contribution >= 4 is 21.8 Å². The molecule has 1 saturated heterocycles. The number of nitrogens with one attached hydrogen (secondary N) is 1. The molecule has 1 N–H and O–H groups in total. The van der Waals surface area contributed by atoms with Crippen molar-refractivity contribution in [2.24, 2.45) is 0 Å². The van der Waals surface area contributed by atoms with Crippen molar-refractivity contribution in [1.82, 2.24) is 5.32 Å². The van der Waals surface area contributed by atoms with Crippen molar-refractivity contribution in [3.63, 3.8) is 0 Å². The molecule has 1 fully saturated rings. The van der Waals surface area contributed by atoms with Crippen molar-refractivity contribution in [3.05, 3.63) is 28.2 Å². The van der Waals surface area contributed by atoms with Gasteiger partial charge in [0.15, 0.2) is 0 Å². The number of hydrogen-bond donors (Lipinski definition) is 1. The molecule has 1 atom stereocenters. The Morgan fingerprint density at radius 2 is 2.40 bits per heavy atom. The Balaban J connectivity index is 1.74.